The molecule has 2 unspecified atom stereocenters. The maximum Gasteiger partial charge on any atom is 0.242 e. The van der Waals surface area contributed by atoms with Crippen LogP contribution in [0.3, 0.4) is 0 Å². The zero-order chi connectivity index (χ0) is 10.1. The van der Waals surface area contributed by atoms with Gasteiger partial charge < -0.3 is 5.32 Å². The molecule has 2 aliphatic carbocycles. The summed E-state index contributed by atoms with van der Waals surface area (Å²) in [6, 6.07) is 0.623. The summed E-state index contributed by atoms with van der Waals surface area (Å²) in [4.78, 5) is 0. The summed E-state index contributed by atoms with van der Waals surface area (Å²) in [5.74, 6) is 0.414. The van der Waals surface area contributed by atoms with Gasteiger partial charge in [-0.2, -0.15) is 0 Å². The highest BCUT2D eigenvalue weighted by atomic mass is 19.3. The number of hydrogen-bond donors (Lipinski definition) is 1. The van der Waals surface area contributed by atoms with Gasteiger partial charge in [-0.15, -0.1) is 0 Å². The average Bonchev–Trinajstić information content (AvgIpc) is 2.84. The van der Waals surface area contributed by atoms with Crippen molar-refractivity contribution in [3.8, 4) is 0 Å². The Labute approximate surface area is 84.3 Å². The van der Waals surface area contributed by atoms with E-state index in [-0.39, 0.29) is 12.0 Å². The summed E-state index contributed by atoms with van der Waals surface area (Å²) in [6.07, 6.45) is 3.48. The van der Waals surface area contributed by atoms with E-state index in [4.69, 9.17) is 0 Å². The molecule has 0 aromatic heterocycles. The Balaban J connectivity index is 1.71. The standard InChI is InChI=1S/C11H19F2N/c1-7-3-2-4-8(5-7)14-10-6-9(10)11(12)13/h7-11,14H,2-6H2,1H3/t7?,8?,9-,10-/m0/s1. The van der Waals surface area contributed by atoms with Crippen LogP contribution in [0.2, 0.25) is 0 Å². The monoisotopic (exact) mass is 203 g/mol. The molecular weight excluding hydrogens is 184 g/mol. The van der Waals surface area contributed by atoms with Crippen molar-refractivity contribution in [3.05, 3.63) is 0 Å². The highest BCUT2D eigenvalue weighted by Gasteiger charge is 2.44. The van der Waals surface area contributed by atoms with Gasteiger partial charge in [0.2, 0.25) is 6.43 Å². The first-order valence-corrected chi connectivity index (χ1v) is 5.71. The molecule has 0 aliphatic heterocycles. The Kier molecular flexibility index (Phi) is 3.05. The Hall–Kier alpha value is -0.180. The smallest absolute Gasteiger partial charge is 0.242 e. The van der Waals surface area contributed by atoms with Gasteiger partial charge in [-0.3, -0.25) is 0 Å². The van der Waals surface area contributed by atoms with Crippen LogP contribution in [0.25, 0.3) is 0 Å². The molecule has 14 heavy (non-hydrogen) atoms. The predicted molar refractivity (Wildman–Crippen MR) is 52.5 cm³/mol. The average molecular weight is 203 g/mol. The van der Waals surface area contributed by atoms with Gasteiger partial charge in [0.05, 0.1) is 0 Å². The van der Waals surface area contributed by atoms with Gasteiger partial charge in [0.25, 0.3) is 0 Å². The van der Waals surface area contributed by atoms with Crippen LogP contribution in [0.5, 0.6) is 0 Å². The molecule has 82 valence electrons. The molecular formula is C11H19F2N. The fourth-order valence-electron chi connectivity index (χ4n) is 2.57. The lowest BCUT2D eigenvalue weighted by molar-refractivity contribution is 0.117. The van der Waals surface area contributed by atoms with Crippen LogP contribution in [-0.4, -0.2) is 18.5 Å². The van der Waals surface area contributed by atoms with Gasteiger partial charge in [0.15, 0.2) is 0 Å². The number of rotatable bonds is 3. The minimum Gasteiger partial charge on any atom is -0.311 e. The van der Waals surface area contributed by atoms with E-state index in [1.54, 1.807) is 0 Å². The van der Waals surface area contributed by atoms with E-state index in [1.807, 2.05) is 0 Å². The molecule has 2 fully saturated rings. The second kappa shape index (κ2) is 4.13. The lowest BCUT2D eigenvalue weighted by atomic mass is 9.87. The van der Waals surface area contributed by atoms with Crippen LogP contribution in [0.4, 0.5) is 8.78 Å². The van der Waals surface area contributed by atoms with Gasteiger partial charge in [0, 0.05) is 18.0 Å². The minimum absolute atomic E-state index is 0.116. The lowest BCUT2D eigenvalue weighted by Crippen LogP contribution is -2.36. The van der Waals surface area contributed by atoms with E-state index in [9.17, 15) is 8.78 Å². The van der Waals surface area contributed by atoms with E-state index >= 15 is 0 Å². The summed E-state index contributed by atoms with van der Waals surface area (Å²) in [5.41, 5.74) is 0. The first kappa shape index (κ1) is 10.3. The summed E-state index contributed by atoms with van der Waals surface area (Å²) in [5, 5.41) is 3.37. The SMILES string of the molecule is CC1CCCC(N[C@H]2C[C@@H]2C(F)F)C1. The molecule has 0 aromatic carbocycles. The van der Waals surface area contributed by atoms with Crippen molar-refractivity contribution in [2.45, 2.75) is 57.5 Å². The molecule has 0 aromatic rings. The van der Waals surface area contributed by atoms with E-state index in [0.29, 0.717) is 12.5 Å². The van der Waals surface area contributed by atoms with E-state index in [0.717, 1.165) is 5.92 Å². The first-order chi connectivity index (χ1) is 6.66. The molecule has 3 heteroatoms. The van der Waals surface area contributed by atoms with Crippen molar-refractivity contribution in [1.82, 2.24) is 5.32 Å². The molecule has 2 rings (SSSR count). The predicted octanol–water partition coefficient (Wildman–Crippen LogP) is 2.81. The van der Waals surface area contributed by atoms with Crippen LogP contribution < -0.4 is 5.32 Å². The largest absolute Gasteiger partial charge is 0.311 e. The third-order valence-electron chi connectivity index (χ3n) is 3.55. The molecule has 0 radical (unpaired) electrons. The van der Waals surface area contributed by atoms with E-state index in [2.05, 4.69) is 12.2 Å². The second-order valence-electron chi connectivity index (χ2n) is 4.98. The highest BCUT2D eigenvalue weighted by molar-refractivity contribution is 4.97. The van der Waals surface area contributed by atoms with Crippen LogP contribution in [-0.2, 0) is 0 Å². The maximum atomic E-state index is 12.3. The Morgan fingerprint density at radius 2 is 2.00 bits per heavy atom. The Bertz CT molecular complexity index is 196. The fraction of sp³-hybridized carbons (Fsp3) is 1.00. The van der Waals surface area contributed by atoms with Gasteiger partial charge in [0.1, 0.15) is 0 Å². The van der Waals surface area contributed by atoms with Crippen LogP contribution in [0.15, 0.2) is 0 Å². The van der Waals surface area contributed by atoms with Crippen molar-refractivity contribution in [2.75, 3.05) is 0 Å². The van der Waals surface area contributed by atoms with Crippen LogP contribution >= 0.6 is 0 Å². The van der Waals surface area contributed by atoms with Crippen molar-refractivity contribution in [2.24, 2.45) is 11.8 Å². The molecule has 2 aliphatic rings. The van der Waals surface area contributed by atoms with Crippen LogP contribution in [0.1, 0.15) is 39.0 Å². The zero-order valence-corrected chi connectivity index (χ0v) is 8.68. The van der Waals surface area contributed by atoms with Gasteiger partial charge in [-0.05, 0) is 25.2 Å². The van der Waals surface area contributed by atoms with Crippen LogP contribution in [0, 0.1) is 11.8 Å². The maximum absolute atomic E-state index is 12.3. The van der Waals surface area contributed by atoms with Gasteiger partial charge in [-0.1, -0.05) is 19.8 Å². The number of halogens is 2. The minimum atomic E-state index is -2.12. The van der Waals surface area contributed by atoms with Crippen molar-refractivity contribution in [1.29, 1.82) is 0 Å². The number of hydrogen-bond acceptors (Lipinski definition) is 1. The topological polar surface area (TPSA) is 12.0 Å². The normalized spacial score (nSPS) is 42.9. The third-order valence-corrected chi connectivity index (χ3v) is 3.55. The fourth-order valence-corrected chi connectivity index (χ4v) is 2.57. The molecule has 0 amide bonds. The zero-order valence-electron chi connectivity index (χ0n) is 8.68. The van der Waals surface area contributed by atoms with Gasteiger partial charge >= 0.3 is 0 Å². The lowest BCUT2D eigenvalue weighted by Gasteiger charge is -2.27. The highest BCUT2D eigenvalue weighted by Crippen LogP contribution is 2.37. The molecule has 0 saturated heterocycles. The number of nitrogens with one attached hydrogen (secondary N) is 1. The summed E-state index contributed by atoms with van der Waals surface area (Å²) >= 11 is 0. The molecule has 2 saturated carbocycles. The third kappa shape index (κ3) is 2.44. The first-order valence-electron chi connectivity index (χ1n) is 5.71. The number of alkyl halides is 2. The van der Waals surface area contributed by atoms with E-state index in [1.165, 1.54) is 25.7 Å². The Morgan fingerprint density at radius 3 is 2.57 bits per heavy atom. The quantitative estimate of drug-likeness (QED) is 0.743. The van der Waals surface area contributed by atoms with Gasteiger partial charge in [-0.25, -0.2) is 8.78 Å². The van der Waals surface area contributed by atoms with Crippen molar-refractivity contribution < 1.29 is 8.78 Å². The molecule has 0 spiro atoms. The summed E-state index contributed by atoms with van der Waals surface area (Å²) < 4.78 is 24.5. The molecule has 4 atom stereocenters. The Morgan fingerprint density at radius 1 is 1.21 bits per heavy atom. The molecule has 1 N–H and O–H groups in total. The molecule has 0 bridgehead atoms. The molecule has 0 heterocycles. The van der Waals surface area contributed by atoms with Crippen molar-refractivity contribution >= 4 is 0 Å². The van der Waals surface area contributed by atoms with E-state index < -0.39 is 6.43 Å². The summed E-state index contributed by atoms with van der Waals surface area (Å²) in [7, 11) is 0. The summed E-state index contributed by atoms with van der Waals surface area (Å²) in [6.45, 7) is 2.26. The second-order valence-corrected chi connectivity index (χ2v) is 4.98. The van der Waals surface area contributed by atoms with Crippen molar-refractivity contribution in [3.63, 3.8) is 0 Å². The molecule has 1 nitrogen and oxygen atoms in total.